The Morgan fingerprint density at radius 2 is 1.77 bits per heavy atom. The van der Waals surface area contributed by atoms with Crippen LogP contribution in [0, 0.1) is 11.8 Å². The van der Waals surface area contributed by atoms with Crippen LogP contribution in [0.5, 0.6) is 11.6 Å². The first-order chi connectivity index (χ1) is 19.4. The summed E-state index contributed by atoms with van der Waals surface area (Å²) in [7, 11) is 1.64. The Bertz CT molecular complexity index is 1460. The number of hydrogen-bond donors (Lipinski definition) is 1. The predicted molar refractivity (Wildman–Crippen MR) is 153 cm³/mol. The number of hydrogen-bond acceptors (Lipinski definition) is 7. The average molecular weight is 545 g/mol. The summed E-state index contributed by atoms with van der Waals surface area (Å²) in [6.07, 6.45) is 3.24. The number of amides is 2. The van der Waals surface area contributed by atoms with Crippen LogP contribution < -0.4 is 14.9 Å². The van der Waals surface area contributed by atoms with Crippen molar-refractivity contribution >= 4 is 28.8 Å². The highest BCUT2D eigenvalue weighted by atomic mass is 16.5. The van der Waals surface area contributed by atoms with E-state index in [4.69, 9.17) is 14.6 Å². The zero-order valence-electron chi connectivity index (χ0n) is 23.5. The number of rotatable bonds is 10. The minimum atomic E-state index is -0.0548. The molecular weight excluding hydrogens is 508 g/mol. The van der Waals surface area contributed by atoms with E-state index in [1.54, 1.807) is 12.1 Å². The lowest BCUT2D eigenvalue weighted by molar-refractivity contribution is -0.132. The average Bonchev–Trinajstić information content (AvgIpc) is 3.39. The van der Waals surface area contributed by atoms with Gasteiger partial charge in [-0.05, 0) is 61.2 Å². The Kier molecular flexibility index (Phi) is 8.14. The van der Waals surface area contributed by atoms with E-state index in [1.165, 1.54) is 0 Å². The molecule has 0 bridgehead atoms. The van der Waals surface area contributed by atoms with Crippen molar-refractivity contribution in [3.8, 4) is 11.6 Å². The molecule has 40 heavy (non-hydrogen) atoms. The smallest absolute Gasteiger partial charge is 0.243 e. The molecule has 210 valence electrons. The van der Waals surface area contributed by atoms with Crippen LogP contribution in [0.15, 0.2) is 52.7 Å². The maximum Gasteiger partial charge on any atom is 0.243 e. The van der Waals surface area contributed by atoms with E-state index in [1.807, 2.05) is 54.8 Å². The van der Waals surface area contributed by atoms with Crippen LogP contribution in [-0.2, 0) is 16.0 Å². The highest BCUT2D eigenvalue weighted by molar-refractivity contribution is 6.10. The SMILES string of the molecule is CCc1cc2c(C3=NN(CCCCOc4ccc(C5=NNC(=O)CC5C)cc4)C(=O)CC3C)ccc(OC)n2n1. The van der Waals surface area contributed by atoms with E-state index in [2.05, 4.69) is 28.6 Å². The number of ether oxygens (including phenoxy) is 2. The van der Waals surface area contributed by atoms with Gasteiger partial charge in [0.25, 0.3) is 0 Å². The van der Waals surface area contributed by atoms with Gasteiger partial charge in [-0.15, -0.1) is 0 Å². The molecule has 3 aromatic rings. The van der Waals surface area contributed by atoms with Crippen molar-refractivity contribution in [2.45, 2.75) is 52.9 Å². The first-order valence-corrected chi connectivity index (χ1v) is 13.9. The van der Waals surface area contributed by atoms with Gasteiger partial charge in [0.05, 0.1) is 36.4 Å². The van der Waals surface area contributed by atoms with Crippen LogP contribution in [0.3, 0.4) is 0 Å². The molecule has 10 nitrogen and oxygen atoms in total. The Morgan fingerprint density at radius 3 is 2.50 bits per heavy atom. The van der Waals surface area contributed by atoms with Crippen molar-refractivity contribution in [3.05, 3.63) is 59.3 Å². The predicted octanol–water partition coefficient (Wildman–Crippen LogP) is 4.20. The molecule has 2 amide bonds. The van der Waals surface area contributed by atoms with Crippen LogP contribution in [0.25, 0.3) is 5.52 Å². The molecule has 2 unspecified atom stereocenters. The highest BCUT2D eigenvalue weighted by Gasteiger charge is 2.29. The van der Waals surface area contributed by atoms with E-state index in [-0.39, 0.29) is 23.7 Å². The number of unbranched alkanes of at least 4 members (excludes halogenated alkanes) is 1. The van der Waals surface area contributed by atoms with Crippen molar-refractivity contribution in [2.75, 3.05) is 20.3 Å². The third kappa shape index (κ3) is 5.71. The molecule has 0 spiro atoms. The van der Waals surface area contributed by atoms with E-state index < -0.39 is 0 Å². The summed E-state index contributed by atoms with van der Waals surface area (Å²) in [6.45, 7) is 7.19. The minimum Gasteiger partial charge on any atom is -0.494 e. The minimum absolute atomic E-state index is 0.00561. The fraction of sp³-hybridized carbons (Fsp3) is 0.433. The first-order valence-electron chi connectivity index (χ1n) is 13.9. The van der Waals surface area contributed by atoms with Crippen molar-refractivity contribution in [1.82, 2.24) is 20.0 Å². The number of aromatic nitrogens is 2. The molecule has 0 fully saturated rings. The van der Waals surface area contributed by atoms with Crippen molar-refractivity contribution < 1.29 is 19.1 Å². The second-order valence-corrected chi connectivity index (χ2v) is 10.4. The fourth-order valence-electron chi connectivity index (χ4n) is 5.16. The largest absolute Gasteiger partial charge is 0.494 e. The third-order valence-corrected chi connectivity index (χ3v) is 7.39. The van der Waals surface area contributed by atoms with Gasteiger partial charge in [0.2, 0.25) is 17.7 Å². The summed E-state index contributed by atoms with van der Waals surface area (Å²) in [5.41, 5.74) is 8.18. The molecular formula is C30H36N6O4. The summed E-state index contributed by atoms with van der Waals surface area (Å²) in [4.78, 5) is 24.3. The number of hydrazone groups is 2. The van der Waals surface area contributed by atoms with Gasteiger partial charge in [-0.2, -0.15) is 15.3 Å². The number of fused-ring (bicyclic) bond motifs is 1. The van der Waals surface area contributed by atoms with Gasteiger partial charge in [-0.3, -0.25) is 9.59 Å². The Hall–Kier alpha value is -4.21. The lowest BCUT2D eigenvalue weighted by Gasteiger charge is -2.28. The molecule has 2 aliphatic heterocycles. The number of carbonyl (C=O) groups is 2. The van der Waals surface area contributed by atoms with E-state index in [0.717, 1.165) is 58.8 Å². The molecule has 0 radical (unpaired) electrons. The summed E-state index contributed by atoms with van der Waals surface area (Å²) in [5.74, 6) is 1.50. The molecule has 2 aliphatic rings. The molecule has 10 heteroatoms. The van der Waals surface area contributed by atoms with Gasteiger partial charge < -0.3 is 9.47 Å². The van der Waals surface area contributed by atoms with Crippen molar-refractivity contribution in [3.63, 3.8) is 0 Å². The first kappa shape index (κ1) is 27.4. The number of benzene rings is 1. The zero-order valence-corrected chi connectivity index (χ0v) is 23.5. The summed E-state index contributed by atoms with van der Waals surface area (Å²) in [6, 6.07) is 13.7. The highest BCUT2D eigenvalue weighted by Crippen LogP contribution is 2.27. The second-order valence-electron chi connectivity index (χ2n) is 10.4. The summed E-state index contributed by atoms with van der Waals surface area (Å²) in [5, 5.41) is 15.3. The molecule has 0 saturated heterocycles. The van der Waals surface area contributed by atoms with Gasteiger partial charge >= 0.3 is 0 Å². The van der Waals surface area contributed by atoms with Crippen LogP contribution in [-0.4, -0.2) is 58.1 Å². The molecule has 0 aliphatic carbocycles. The number of carbonyl (C=O) groups excluding carboxylic acids is 2. The lowest BCUT2D eigenvalue weighted by atomic mass is 9.93. The Morgan fingerprint density at radius 1 is 1.00 bits per heavy atom. The van der Waals surface area contributed by atoms with Gasteiger partial charge in [0.15, 0.2) is 0 Å². The number of nitrogens with one attached hydrogen (secondary N) is 1. The number of aryl methyl sites for hydroxylation is 1. The molecule has 4 heterocycles. The number of pyridine rings is 1. The molecule has 2 atom stereocenters. The third-order valence-electron chi connectivity index (χ3n) is 7.39. The van der Waals surface area contributed by atoms with Crippen molar-refractivity contribution in [1.29, 1.82) is 0 Å². The summed E-state index contributed by atoms with van der Waals surface area (Å²) >= 11 is 0. The van der Waals surface area contributed by atoms with E-state index >= 15 is 0 Å². The quantitative estimate of drug-likeness (QED) is 0.385. The number of nitrogens with zero attached hydrogens (tertiary/aromatic N) is 5. The standard InChI is InChI=1S/C30H36N6O4/c1-5-22-18-25-24(12-13-28(39-4)36(25)33-22)30-20(3)17-27(38)35(34-30)14-6-7-15-40-23-10-8-21(9-11-23)29-19(2)16-26(37)31-32-29/h8-13,18-20H,5-7,14-17H2,1-4H3,(H,31,37). The van der Waals surface area contributed by atoms with Crippen LogP contribution in [0.4, 0.5) is 0 Å². The van der Waals surface area contributed by atoms with Gasteiger partial charge in [-0.1, -0.05) is 20.8 Å². The van der Waals surface area contributed by atoms with Gasteiger partial charge in [0.1, 0.15) is 5.75 Å². The fourth-order valence-corrected chi connectivity index (χ4v) is 5.16. The zero-order chi connectivity index (χ0) is 28.2. The molecule has 1 aromatic carbocycles. The number of methoxy groups -OCH3 is 1. The maximum absolute atomic E-state index is 12.8. The van der Waals surface area contributed by atoms with Crippen LogP contribution >= 0.6 is 0 Å². The van der Waals surface area contributed by atoms with Crippen LogP contribution in [0.1, 0.15) is 63.3 Å². The van der Waals surface area contributed by atoms with E-state index in [0.29, 0.717) is 31.9 Å². The van der Waals surface area contributed by atoms with E-state index in [9.17, 15) is 9.59 Å². The monoisotopic (exact) mass is 544 g/mol. The maximum atomic E-state index is 12.8. The molecule has 1 N–H and O–H groups in total. The Labute approximate surface area is 234 Å². The second kappa shape index (κ2) is 11.9. The van der Waals surface area contributed by atoms with Gasteiger partial charge in [0, 0.05) is 42.9 Å². The topological polar surface area (TPSA) is 110 Å². The summed E-state index contributed by atoms with van der Waals surface area (Å²) < 4.78 is 13.3. The van der Waals surface area contributed by atoms with Crippen molar-refractivity contribution in [2.24, 2.45) is 22.0 Å². The van der Waals surface area contributed by atoms with Gasteiger partial charge in [-0.25, -0.2) is 15.0 Å². The molecule has 5 rings (SSSR count). The normalized spacial score (nSPS) is 19.4. The van der Waals surface area contributed by atoms with Crippen LogP contribution in [0.2, 0.25) is 0 Å². The Balaban J connectivity index is 1.19. The lowest BCUT2D eigenvalue weighted by Crippen LogP contribution is -2.37. The molecule has 2 aromatic heterocycles. The molecule has 0 saturated carbocycles.